The minimum atomic E-state index is -0.438. The molecule has 2 heteroatoms. The van der Waals surface area contributed by atoms with Crippen LogP contribution < -0.4 is 0 Å². The summed E-state index contributed by atoms with van der Waals surface area (Å²) >= 11 is -0.438. The summed E-state index contributed by atoms with van der Waals surface area (Å²) in [6.45, 7) is 2.29. The van der Waals surface area contributed by atoms with Gasteiger partial charge < -0.3 is 0 Å². The predicted molar refractivity (Wildman–Crippen MR) is 75.9 cm³/mol. The summed E-state index contributed by atoms with van der Waals surface area (Å²) in [5.74, 6) is 0. The van der Waals surface area contributed by atoms with Crippen LogP contribution in [0.15, 0.2) is 0 Å². The Hall–Kier alpha value is 2.05. The number of hydrogen-bond donors (Lipinski definition) is 0. The molecule has 0 fully saturated rings. The maximum atomic E-state index is 3.70. The third-order valence-corrected chi connectivity index (χ3v) is 9.48. The second-order valence-electron chi connectivity index (χ2n) is 4.58. The van der Waals surface area contributed by atoms with E-state index < -0.39 is 40.8 Å². The molecule has 0 aromatic rings. The van der Waals surface area contributed by atoms with Gasteiger partial charge >= 0.3 is 119 Å². The average Bonchev–Trinajstić information content (AvgIpc) is 2.26. The van der Waals surface area contributed by atoms with Crippen LogP contribution in [0.4, 0.5) is 0 Å². The van der Waals surface area contributed by atoms with Crippen LogP contribution in [0.3, 0.4) is 0 Å². The molecule has 0 rings (SSSR count). The van der Waals surface area contributed by atoms with E-state index in [9.17, 15) is 0 Å². The third kappa shape index (κ3) is 16.1. The molecule has 0 saturated carbocycles. The van der Waals surface area contributed by atoms with Crippen molar-refractivity contribution in [3.63, 3.8) is 0 Å². The standard InChI is InChI=1S/C13H27.Ba.BrH/c1-3-5-7-9-11-13-12-10-8-6-4-2;;/h1,3-13H2,2H3;;1H/q;+1;/p-1. The van der Waals surface area contributed by atoms with Crippen LogP contribution in [0.2, 0.25) is 0.889 Å². The van der Waals surface area contributed by atoms with Gasteiger partial charge in [-0.25, -0.2) is 0 Å². The van der Waals surface area contributed by atoms with E-state index in [2.05, 4.69) is 14.1 Å². The van der Waals surface area contributed by atoms with E-state index in [1.165, 1.54) is 70.6 Å². The van der Waals surface area contributed by atoms with Gasteiger partial charge in [0.05, 0.1) is 0 Å². The first-order valence-electron chi connectivity index (χ1n) is 6.97. The van der Waals surface area contributed by atoms with Crippen molar-refractivity contribution in [1.82, 2.24) is 0 Å². The summed E-state index contributed by atoms with van der Waals surface area (Å²) in [4.78, 5) is 0. The molecule has 15 heavy (non-hydrogen) atoms. The molecule has 0 unspecified atom stereocenters. The number of rotatable bonds is 12. The quantitative estimate of drug-likeness (QED) is 0.290. The fourth-order valence-electron chi connectivity index (χ4n) is 1.94. The molecule has 88 valence electrons. The zero-order chi connectivity index (χ0) is 11.2. The van der Waals surface area contributed by atoms with Gasteiger partial charge in [0, 0.05) is 0 Å². The van der Waals surface area contributed by atoms with Gasteiger partial charge in [-0.2, -0.15) is 0 Å². The third-order valence-electron chi connectivity index (χ3n) is 2.99. The molecule has 0 amide bonds. The number of halogens is 1. The monoisotopic (exact) mass is 400 g/mol. The van der Waals surface area contributed by atoms with Gasteiger partial charge in [-0.1, -0.05) is 6.92 Å². The number of unbranched alkanes of at least 4 members (excludes halogenated alkanes) is 10. The molecule has 0 aliphatic rings. The van der Waals surface area contributed by atoms with Crippen molar-refractivity contribution in [3.05, 3.63) is 0 Å². The SMILES string of the molecule is CCCCCCCCCCCC[CH2][Ba][Br]. The summed E-state index contributed by atoms with van der Waals surface area (Å²) in [6, 6.07) is 0. The second kappa shape index (κ2) is 16.1. The van der Waals surface area contributed by atoms with E-state index in [-0.39, 0.29) is 0 Å². The minimum absolute atomic E-state index is 0.438. The van der Waals surface area contributed by atoms with E-state index in [1.807, 2.05) is 0 Å². The predicted octanol–water partition coefficient (Wildman–Crippen LogP) is 5.73. The molecule has 0 aromatic carbocycles. The van der Waals surface area contributed by atoms with Gasteiger partial charge in [0.2, 0.25) is 0 Å². The molecule has 0 radical (unpaired) electrons. The second-order valence-corrected chi connectivity index (χ2v) is 13.8. The van der Waals surface area contributed by atoms with Crippen LogP contribution in [0.1, 0.15) is 77.6 Å². The van der Waals surface area contributed by atoms with Crippen LogP contribution in [-0.4, -0.2) is 40.8 Å². The van der Waals surface area contributed by atoms with Gasteiger partial charge in [-0.3, -0.25) is 0 Å². The zero-order valence-corrected chi connectivity index (χ0v) is 16.6. The molecule has 0 nitrogen and oxygen atoms in total. The average molecular weight is 401 g/mol. The molecule has 0 heterocycles. The Morgan fingerprint density at radius 1 is 0.667 bits per heavy atom. The topological polar surface area (TPSA) is 0 Å². The Morgan fingerprint density at radius 3 is 1.47 bits per heavy atom. The normalized spacial score (nSPS) is 10.3. The van der Waals surface area contributed by atoms with Crippen LogP contribution in [0.25, 0.3) is 0 Å². The molecular formula is C13H27BaBr. The molecule has 0 aliphatic carbocycles. The Kier molecular flexibility index (Phi) is 18.2. The summed E-state index contributed by atoms with van der Waals surface area (Å²) in [6.07, 6.45) is 16.2. The fourth-order valence-corrected chi connectivity index (χ4v) is 6.53. The molecular weight excluding hydrogens is 373 g/mol. The fraction of sp³-hybridized carbons (Fsp3) is 1.00. The molecule has 0 aliphatic heterocycles. The van der Waals surface area contributed by atoms with Crippen LogP contribution in [0, 0.1) is 0 Å². The van der Waals surface area contributed by atoms with Crippen molar-refractivity contribution in [3.8, 4) is 0 Å². The van der Waals surface area contributed by atoms with Crippen molar-refractivity contribution in [2.75, 3.05) is 0 Å². The van der Waals surface area contributed by atoms with Crippen molar-refractivity contribution < 1.29 is 0 Å². The van der Waals surface area contributed by atoms with Gasteiger partial charge in [0.1, 0.15) is 0 Å². The Morgan fingerprint density at radius 2 is 1.07 bits per heavy atom. The first kappa shape index (κ1) is 17.1. The van der Waals surface area contributed by atoms with Crippen LogP contribution >= 0.6 is 7.18 Å². The maximum absolute atomic E-state index is 3.70. The molecule has 0 N–H and O–H groups in total. The van der Waals surface area contributed by atoms with Gasteiger partial charge in [0.25, 0.3) is 0 Å². The molecule has 0 atom stereocenters. The van der Waals surface area contributed by atoms with Crippen molar-refractivity contribution in [1.29, 1.82) is 0 Å². The van der Waals surface area contributed by atoms with Crippen LogP contribution in [0.5, 0.6) is 0 Å². The van der Waals surface area contributed by atoms with Gasteiger partial charge in [0.15, 0.2) is 0 Å². The van der Waals surface area contributed by atoms with Crippen molar-refractivity contribution >= 4 is 47.9 Å². The Labute approximate surface area is 124 Å². The zero-order valence-electron chi connectivity index (χ0n) is 10.6. The van der Waals surface area contributed by atoms with E-state index in [0.717, 1.165) is 0 Å². The first-order valence-corrected chi connectivity index (χ1v) is 20.0. The van der Waals surface area contributed by atoms with E-state index in [0.29, 0.717) is 0 Å². The van der Waals surface area contributed by atoms with E-state index in [1.54, 1.807) is 0.889 Å². The summed E-state index contributed by atoms with van der Waals surface area (Å²) in [5.41, 5.74) is 0. The molecule has 0 spiro atoms. The van der Waals surface area contributed by atoms with E-state index >= 15 is 0 Å². The molecule has 0 aromatic heterocycles. The van der Waals surface area contributed by atoms with Crippen molar-refractivity contribution in [2.45, 2.75) is 78.4 Å². The summed E-state index contributed by atoms with van der Waals surface area (Å²) in [7, 11) is 3.70. The van der Waals surface area contributed by atoms with E-state index in [4.69, 9.17) is 0 Å². The molecule has 0 bridgehead atoms. The molecule has 0 saturated heterocycles. The van der Waals surface area contributed by atoms with Crippen LogP contribution in [-0.2, 0) is 0 Å². The number of hydrogen-bond acceptors (Lipinski definition) is 0. The Balaban J connectivity index is 2.81. The van der Waals surface area contributed by atoms with Gasteiger partial charge in [-0.15, -0.1) is 0 Å². The Bertz CT molecular complexity index is 94.7. The van der Waals surface area contributed by atoms with Gasteiger partial charge in [-0.05, 0) is 0 Å². The summed E-state index contributed by atoms with van der Waals surface area (Å²) < 4.78 is 1.58. The first-order chi connectivity index (χ1) is 7.41. The summed E-state index contributed by atoms with van der Waals surface area (Å²) in [5, 5.41) is 0. The van der Waals surface area contributed by atoms with Crippen molar-refractivity contribution in [2.24, 2.45) is 0 Å².